The molecule has 1 unspecified atom stereocenters. The Morgan fingerprint density at radius 3 is 2.73 bits per heavy atom. The molecule has 0 aliphatic heterocycles. The zero-order valence-electron chi connectivity index (χ0n) is 7.31. The van der Waals surface area contributed by atoms with E-state index in [-0.39, 0.29) is 11.9 Å². The van der Waals surface area contributed by atoms with Gasteiger partial charge in [0.25, 0.3) is 0 Å². The van der Waals surface area contributed by atoms with Crippen LogP contribution in [0.1, 0.15) is 6.92 Å². The monoisotopic (exact) mass is 160 g/mol. The Kier molecular flexibility index (Phi) is 5.78. The molecule has 0 radical (unpaired) electrons. The Balaban J connectivity index is 3.36. The first-order valence-corrected chi connectivity index (χ1v) is 3.66. The van der Waals surface area contributed by atoms with Gasteiger partial charge in [0.2, 0.25) is 5.91 Å². The van der Waals surface area contributed by atoms with Gasteiger partial charge < -0.3 is 15.4 Å². The molecule has 0 rings (SSSR count). The van der Waals surface area contributed by atoms with Crippen LogP contribution >= 0.6 is 0 Å². The fourth-order valence-corrected chi connectivity index (χ4v) is 0.560. The molecule has 66 valence electrons. The highest BCUT2D eigenvalue weighted by Crippen LogP contribution is 1.78. The van der Waals surface area contributed by atoms with Crippen LogP contribution in [0.2, 0.25) is 0 Å². The summed E-state index contributed by atoms with van der Waals surface area (Å²) < 4.78 is 4.77. The van der Waals surface area contributed by atoms with E-state index in [9.17, 15) is 4.79 Å². The third kappa shape index (κ3) is 4.75. The summed E-state index contributed by atoms with van der Waals surface area (Å²) in [5, 5.41) is 5.55. The van der Waals surface area contributed by atoms with Crippen LogP contribution in [0.25, 0.3) is 0 Å². The zero-order chi connectivity index (χ0) is 8.69. The largest absolute Gasteiger partial charge is 0.383 e. The molecule has 11 heavy (non-hydrogen) atoms. The van der Waals surface area contributed by atoms with Crippen molar-refractivity contribution in [3.63, 3.8) is 0 Å². The maximum atomic E-state index is 11.0. The Bertz CT molecular complexity index is 117. The zero-order valence-corrected chi connectivity index (χ0v) is 7.31. The average Bonchev–Trinajstić information content (AvgIpc) is 2.03. The van der Waals surface area contributed by atoms with E-state index in [1.165, 1.54) is 0 Å². The van der Waals surface area contributed by atoms with Crippen LogP contribution in [0.3, 0.4) is 0 Å². The lowest BCUT2D eigenvalue weighted by atomic mass is 10.3. The van der Waals surface area contributed by atoms with Gasteiger partial charge in [0.05, 0.1) is 12.6 Å². The molecule has 0 bridgehead atoms. The quantitative estimate of drug-likeness (QED) is 0.526. The van der Waals surface area contributed by atoms with Crippen molar-refractivity contribution in [2.24, 2.45) is 0 Å². The minimum Gasteiger partial charge on any atom is -0.383 e. The molecular weight excluding hydrogens is 144 g/mol. The Hall–Kier alpha value is -0.610. The molecule has 0 saturated heterocycles. The second-order valence-corrected chi connectivity index (χ2v) is 2.29. The first kappa shape index (κ1) is 10.4. The van der Waals surface area contributed by atoms with E-state index in [2.05, 4.69) is 10.6 Å². The summed E-state index contributed by atoms with van der Waals surface area (Å²) >= 11 is 0. The van der Waals surface area contributed by atoms with E-state index >= 15 is 0 Å². The topological polar surface area (TPSA) is 50.4 Å². The number of hydrogen-bond acceptors (Lipinski definition) is 3. The first-order valence-electron chi connectivity index (χ1n) is 3.66. The number of likely N-dealkylation sites (N-methyl/N-ethyl adjacent to an activating group) is 1. The molecule has 0 aromatic rings. The van der Waals surface area contributed by atoms with E-state index in [0.717, 1.165) is 0 Å². The van der Waals surface area contributed by atoms with E-state index in [0.29, 0.717) is 13.2 Å². The van der Waals surface area contributed by atoms with Gasteiger partial charge in [-0.3, -0.25) is 4.79 Å². The molecule has 1 atom stereocenters. The Morgan fingerprint density at radius 2 is 2.27 bits per heavy atom. The summed E-state index contributed by atoms with van der Waals surface area (Å²) in [7, 11) is 3.36. The number of nitrogens with one attached hydrogen (secondary N) is 2. The van der Waals surface area contributed by atoms with Crippen molar-refractivity contribution in [2.45, 2.75) is 13.0 Å². The summed E-state index contributed by atoms with van der Waals surface area (Å²) in [6, 6.07) is -0.133. The van der Waals surface area contributed by atoms with Gasteiger partial charge in [-0.2, -0.15) is 0 Å². The van der Waals surface area contributed by atoms with Crippen LogP contribution in [0.4, 0.5) is 0 Å². The lowest BCUT2D eigenvalue weighted by molar-refractivity contribution is -0.122. The summed E-state index contributed by atoms with van der Waals surface area (Å²) in [6.07, 6.45) is 0. The number of methoxy groups -OCH3 is 1. The van der Waals surface area contributed by atoms with Gasteiger partial charge in [-0.05, 0) is 14.0 Å². The molecule has 0 aromatic carbocycles. The van der Waals surface area contributed by atoms with Crippen molar-refractivity contribution in [3.05, 3.63) is 0 Å². The van der Waals surface area contributed by atoms with Crippen LogP contribution in [0.5, 0.6) is 0 Å². The molecule has 0 fully saturated rings. The van der Waals surface area contributed by atoms with Gasteiger partial charge >= 0.3 is 0 Å². The van der Waals surface area contributed by atoms with Gasteiger partial charge in [-0.15, -0.1) is 0 Å². The second kappa shape index (κ2) is 6.12. The number of amides is 1. The minimum absolute atomic E-state index is 0.00421. The fourth-order valence-electron chi connectivity index (χ4n) is 0.560. The van der Waals surface area contributed by atoms with Crippen molar-refractivity contribution < 1.29 is 9.53 Å². The highest BCUT2D eigenvalue weighted by Gasteiger charge is 2.07. The van der Waals surface area contributed by atoms with Gasteiger partial charge in [0.1, 0.15) is 0 Å². The highest BCUT2D eigenvalue weighted by molar-refractivity contribution is 5.81. The SMILES string of the molecule is CNC(C)C(=O)NCCOC. The van der Waals surface area contributed by atoms with Crippen molar-refractivity contribution in [1.29, 1.82) is 0 Å². The summed E-state index contributed by atoms with van der Waals surface area (Å²) in [6.45, 7) is 2.94. The van der Waals surface area contributed by atoms with Gasteiger partial charge in [-0.25, -0.2) is 0 Å². The molecular formula is C7H16N2O2. The third-order valence-corrected chi connectivity index (χ3v) is 1.43. The molecule has 0 aliphatic rings. The third-order valence-electron chi connectivity index (χ3n) is 1.43. The first-order chi connectivity index (χ1) is 5.22. The van der Waals surface area contributed by atoms with Crippen LogP contribution in [0.15, 0.2) is 0 Å². The van der Waals surface area contributed by atoms with E-state index in [4.69, 9.17) is 4.74 Å². The Morgan fingerprint density at radius 1 is 1.64 bits per heavy atom. The predicted octanol–water partition coefficient (Wildman–Crippen LogP) is -0.643. The number of ether oxygens (including phenoxy) is 1. The minimum atomic E-state index is -0.133. The van der Waals surface area contributed by atoms with E-state index < -0.39 is 0 Å². The second-order valence-electron chi connectivity index (χ2n) is 2.29. The lowest BCUT2D eigenvalue weighted by Gasteiger charge is -2.09. The van der Waals surface area contributed by atoms with E-state index in [1.807, 2.05) is 6.92 Å². The average molecular weight is 160 g/mol. The smallest absolute Gasteiger partial charge is 0.236 e. The molecule has 1 amide bonds. The standard InChI is InChI=1S/C7H16N2O2/c1-6(8-2)7(10)9-4-5-11-3/h6,8H,4-5H2,1-3H3,(H,9,10). The van der Waals surface area contributed by atoms with Crippen LogP contribution in [-0.2, 0) is 9.53 Å². The maximum absolute atomic E-state index is 11.0. The van der Waals surface area contributed by atoms with Gasteiger partial charge in [0.15, 0.2) is 0 Å². The predicted molar refractivity (Wildman–Crippen MR) is 43.4 cm³/mol. The Labute approximate surface area is 67.3 Å². The molecule has 0 spiro atoms. The van der Waals surface area contributed by atoms with Gasteiger partial charge in [0, 0.05) is 13.7 Å². The molecule has 0 aliphatic carbocycles. The molecule has 0 heterocycles. The summed E-state index contributed by atoms with van der Waals surface area (Å²) in [5.74, 6) is 0.00421. The summed E-state index contributed by atoms with van der Waals surface area (Å²) in [5.41, 5.74) is 0. The molecule has 2 N–H and O–H groups in total. The van der Waals surface area contributed by atoms with Crippen molar-refractivity contribution in [1.82, 2.24) is 10.6 Å². The van der Waals surface area contributed by atoms with Crippen molar-refractivity contribution in [2.75, 3.05) is 27.3 Å². The fraction of sp³-hybridized carbons (Fsp3) is 0.857. The molecule has 4 nitrogen and oxygen atoms in total. The van der Waals surface area contributed by atoms with E-state index in [1.54, 1.807) is 14.2 Å². The molecule has 4 heteroatoms. The van der Waals surface area contributed by atoms with Crippen LogP contribution in [0, 0.1) is 0 Å². The summed E-state index contributed by atoms with van der Waals surface area (Å²) in [4.78, 5) is 11.0. The lowest BCUT2D eigenvalue weighted by Crippen LogP contribution is -2.41. The number of carbonyl (C=O) groups is 1. The maximum Gasteiger partial charge on any atom is 0.236 e. The van der Waals surface area contributed by atoms with Crippen LogP contribution < -0.4 is 10.6 Å². The normalized spacial score (nSPS) is 12.6. The molecule has 0 aromatic heterocycles. The number of carbonyl (C=O) groups excluding carboxylic acids is 1. The van der Waals surface area contributed by atoms with Crippen molar-refractivity contribution >= 4 is 5.91 Å². The van der Waals surface area contributed by atoms with Crippen molar-refractivity contribution in [3.8, 4) is 0 Å². The van der Waals surface area contributed by atoms with Gasteiger partial charge in [-0.1, -0.05) is 0 Å². The van der Waals surface area contributed by atoms with Crippen LogP contribution in [-0.4, -0.2) is 39.3 Å². The number of hydrogen-bond donors (Lipinski definition) is 2. The molecule has 0 saturated carbocycles. The highest BCUT2D eigenvalue weighted by atomic mass is 16.5. The number of rotatable bonds is 5.